The number of rotatable bonds is 1. The number of hydrogen-bond acceptors (Lipinski definition) is 4. The predicted octanol–water partition coefficient (Wildman–Crippen LogP) is 2.63. The van der Waals surface area contributed by atoms with Gasteiger partial charge in [-0.1, -0.05) is 17.7 Å². The number of anilines is 2. The molecule has 0 aliphatic carbocycles. The second-order valence-electron chi connectivity index (χ2n) is 5.29. The molecule has 4 nitrogen and oxygen atoms in total. The lowest BCUT2D eigenvalue weighted by molar-refractivity contribution is -0.119. The van der Waals surface area contributed by atoms with E-state index in [2.05, 4.69) is 4.98 Å². The third-order valence-corrected chi connectivity index (χ3v) is 4.06. The largest absolute Gasteiger partial charge is 0.324 e. The third-order valence-electron chi connectivity index (χ3n) is 3.71. The standard InChI is InChI=1S/C16H16ClN3O/c1-10-5-6-19-16(7-10)20-9-13(18)15(21)8-11-12(17)3-2-4-14(11)20/h2-7,13H,8-9,18H2,1H3/t13-/m0/s1. The molecule has 0 radical (unpaired) electrons. The summed E-state index contributed by atoms with van der Waals surface area (Å²) in [4.78, 5) is 18.5. The van der Waals surface area contributed by atoms with Crippen LogP contribution in [-0.2, 0) is 11.2 Å². The number of fused-ring (bicyclic) bond motifs is 1. The Morgan fingerprint density at radius 2 is 2.19 bits per heavy atom. The van der Waals surface area contributed by atoms with Crippen molar-refractivity contribution in [1.82, 2.24) is 4.98 Å². The molecule has 108 valence electrons. The maximum absolute atomic E-state index is 12.1. The summed E-state index contributed by atoms with van der Waals surface area (Å²) in [6.07, 6.45) is 2.02. The number of hydrogen-bond donors (Lipinski definition) is 1. The molecule has 2 aromatic rings. The van der Waals surface area contributed by atoms with Crippen molar-refractivity contribution in [2.75, 3.05) is 11.4 Å². The maximum atomic E-state index is 12.1. The molecule has 1 aliphatic rings. The number of pyridine rings is 1. The monoisotopic (exact) mass is 301 g/mol. The second-order valence-corrected chi connectivity index (χ2v) is 5.70. The minimum absolute atomic E-state index is 0.000460. The molecule has 0 saturated heterocycles. The molecule has 1 aromatic heterocycles. The van der Waals surface area contributed by atoms with E-state index in [1.54, 1.807) is 12.3 Å². The molecular weight excluding hydrogens is 286 g/mol. The fourth-order valence-corrected chi connectivity index (χ4v) is 2.80. The Kier molecular flexibility index (Phi) is 3.66. The summed E-state index contributed by atoms with van der Waals surface area (Å²) in [5, 5.41) is 0.590. The highest BCUT2D eigenvalue weighted by Crippen LogP contribution is 2.34. The Hall–Kier alpha value is -1.91. The van der Waals surface area contributed by atoms with Crippen molar-refractivity contribution in [2.24, 2.45) is 5.73 Å². The molecule has 0 bridgehead atoms. The molecule has 5 heteroatoms. The van der Waals surface area contributed by atoms with Gasteiger partial charge in [-0.05, 0) is 36.8 Å². The molecule has 3 rings (SSSR count). The van der Waals surface area contributed by atoms with Crippen molar-refractivity contribution >= 4 is 28.9 Å². The van der Waals surface area contributed by atoms with Crippen LogP contribution in [-0.4, -0.2) is 23.4 Å². The smallest absolute Gasteiger partial charge is 0.155 e. The SMILES string of the molecule is Cc1ccnc(N2C[C@H](N)C(=O)Cc3c(Cl)cccc32)c1. The summed E-state index contributed by atoms with van der Waals surface area (Å²) in [5.41, 5.74) is 8.84. The number of carbonyl (C=O) groups excluding carboxylic acids is 1. The zero-order valence-corrected chi connectivity index (χ0v) is 12.5. The van der Waals surface area contributed by atoms with E-state index >= 15 is 0 Å². The van der Waals surface area contributed by atoms with Crippen molar-refractivity contribution in [1.29, 1.82) is 0 Å². The van der Waals surface area contributed by atoms with Gasteiger partial charge >= 0.3 is 0 Å². The lowest BCUT2D eigenvalue weighted by Gasteiger charge is -2.25. The quantitative estimate of drug-likeness (QED) is 0.879. The number of carbonyl (C=O) groups is 1. The van der Waals surface area contributed by atoms with E-state index in [1.807, 2.05) is 36.1 Å². The summed E-state index contributed by atoms with van der Waals surface area (Å²) < 4.78 is 0. The summed E-state index contributed by atoms with van der Waals surface area (Å²) in [5.74, 6) is 0.781. The van der Waals surface area contributed by atoms with Crippen LogP contribution in [0.5, 0.6) is 0 Å². The van der Waals surface area contributed by atoms with Crippen LogP contribution in [0.1, 0.15) is 11.1 Å². The minimum atomic E-state index is -0.546. The van der Waals surface area contributed by atoms with Gasteiger partial charge in [0.1, 0.15) is 5.82 Å². The topological polar surface area (TPSA) is 59.2 Å². The normalized spacial score (nSPS) is 18.3. The zero-order chi connectivity index (χ0) is 15.0. The fourth-order valence-electron chi connectivity index (χ4n) is 2.56. The van der Waals surface area contributed by atoms with Crippen LogP contribution < -0.4 is 10.6 Å². The predicted molar refractivity (Wildman–Crippen MR) is 84.1 cm³/mol. The molecule has 0 fully saturated rings. The van der Waals surface area contributed by atoms with Gasteiger partial charge in [-0.25, -0.2) is 4.98 Å². The Bertz CT molecular complexity index is 702. The molecule has 0 saturated carbocycles. The van der Waals surface area contributed by atoms with Gasteiger partial charge in [0.2, 0.25) is 0 Å². The first-order valence-electron chi connectivity index (χ1n) is 6.82. The number of nitrogens with two attached hydrogens (primary N) is 1. The second kappa shape index (κ2) is 5.47. The molecule has 1 atom stereocenters. The highest BCUT2D eigenvalue weighted by molar-refractivity contribution is 6.32. The molecule has 21 heavy (non-hydrogen) atoms. The van der Waals surface area contributed by atoms with Crippen LogP contribution >= 0.6 is 11.6 Å². The summed E-state index contributed by atoms with van der Waals surface area (Å²) in [7, 11) is 0. The van der Waals surface area contributed by atoms with E-state index in [-0.39, 0.29) is 12.2 Å². The minimum Gasteiger partial charge on any atom is -0.324 e. The Labute approximate surface area is 128 Å². The number of halogens is 1. The van der Waals surface area contributed by atoms with Gasteiger partial charge in [0.25, 0.3) is 0 Å². The lowest BCUT2D eigenvalue weighted by atomic mass is 10.1. The maximum Gasteiger partial charge on any atom is 0.155 e. The highest BCUT2D eigenvalue weighted by atomic mass is 35.5. The number of ketones is 1. The van der Waals surface area contributed by atoms with Crippen molar-refractivity contribution in [2.45, 2.75) is 19.4 Å². The molecule has 0 unspecified atom stereocenters. The molecule has 2 N–H and O–H groups in total. The van der Waals surface area contributed by atoms with Crippen molar-refractivity contribution < 1.29 is 4.79 Å². The third kappa shape index (κ3) is 2.64. The van der Waals surface area contributed by atoms with Crippen molar-refractivity contribution in [3.63, 3.8) is 0 Å². The van der Waals surface area contributed by atoms with Crippen LogP contribution in [0.15, 0.2) is 36.5 Å². The molecule has 2 heterocycles. The van der Waals surface area contributed by atoms with E-state index in [4.69, 9.17) is 17.3 Å². The van der Waals surface area contributed by atoms with Crippen molar-refractivity contribution in [3.05, 3.63) is 52.7 Å². The van der Waals surface area contributed by atoms with E-state index in [1.165, 1.54) is 0 Å². The number of Topliss-reactive ketones (excluding diaryl/α,β-unsaturated/α-hetero) is 1. The van der Waals surface area contributed by atoms with Gasteiger partial charge in [-0.3, -0.25) is 4.79 Å². The van der Waals surface area contributed by atoms with Crippen LogP contribution in [0, 0.1) is 6.92 Å². The van der Waals surface area contributed by atoms with E-state index in [9.17, 15) is 4.79 Å². The van der Waals surface area contributed by atoms with Crippen LogP contribution in [0.2, 0.25) is 5.02 Å². The first-order valence-corrected chi connectivity index (χ1v) is 7.20. The Morgan fingerprint density at radius 3 is 2.95 bits per heavy atom. The van der Waals surface area contributed by atoms with Gasteiger partial charge in [0, 0.05) is 35.4 Å². The fraction of sp³-hybridized carbons (Fsp3) is 0.250. The number of benzene rings is 1. The van der Waals surface area contributed by atoms with Gasteiger partial charge in [-0.15, -0.1) is 0 Å². The first-order chi connectivity index (χ1) is 10.1. The van der Waals surface area contributed by atoms with Gasteiger partial charge in [0.05, 0.1) is 6.04 Å². The molecule has 0 amide bonds. The Morgan fingerprint density at radius 1 is 1.38 bits per heavy atom. The van der Waals surface area contributed by atoms with Gasteiger partial charge in [0.15, 0.2) is 5.78 Å². The van der Waals surface area contributed by atoms with Crippen LogP contribution in [0.3, 0.4) is 0 Å². The summed E-state index contributed by atoms with van der Waals surface area (Å²) >= 11 is 6.27. The van der Waals surface area contributed by atoms with Crippen LogP contribution in [0.4, 0.5) is 11.5 Å². The number of aromatic nitrogens is 1. The lowest BCUT2D eigenvalue weighted by Crippen LogP contribution is -2.39. The zero-order valence-electron chi connectivity index (χ0n) is 11.7. The first kappa shape index (κ1) is 14.0. The van der Waals surface area contributed by atoms with E-state index in [0.717, 1.165) is 22.6 Å². The van der Waals surface area contributed by atoms with Crippen molar-refractivity contribution in [3.8, 4) is 0 Å². The molecule has 1 aromatic carbocycles. The summed E-state index contributed by atoms with van der Waals surface area (Å²) in [6, 6.07) is 9.00. The van der Waals surface area contributed by atoms with Crippen LogP contribution in [0.25, 0.3) is 0 Å². The van der Waals surface area contributed by atoms with E-state index < -0.39 is 6.04 Å². The van der Waals surface area contributed by atoms with E-state index in [0.29, 0.717) is 11.6 Å². The molecular formula is C16H16ClN3O. The number of aryl methyl sites for hydroxylation is 1. The number of nitrogens with zero attached hydrogens (tertiary/aromatic N) is 2. The Balaban J connectivity index is 2.16. The average Bonchev–Trinajstić information content (AvgIpc) is 2.58. The summed E-state index contributed by atoms with van der Waals surface area (Å²) in [6.45, 7) is 2.41. The highest BCUT2D eigenvalue weighted by Gasteiger charge is 2.28. The van der Waals surface area contributed by atoms with Gasteiger partial charge < -0.3 is 10.6 Å². The van der Waals surface area contributed by atoms with Gasteiger partial charge in [-0.2, -0.15) is 0 Å². The molecule has 0 spiro atoms. The molecule has 1 aliphatic heterocycles. The average molecular weight is 302 g/mol.